The minimum absolute atomic E-state index is 0.0196. The van der Waals surface area contributed by atoms with E-state index in [1.165, 1.54) is 0 Å². The first kappa shape index (κ1) is 12.1. The fourth-order valence-corrected chi connectivity index (χ4v) is 2.27. The van der Waals surface area contributed by atoms with Crippen molar-refractivity contribution in [1.29, 1.82) is 0 Å². The Kier molecular flexibility index (Phi) is 4.98. The quantitative estimate of drug-likeness (QED) is 0.796. The molecule has 1 rings (SSSR count). The van der Waals surface area contributed by atoms with Gasteiger partial charge in [-0.1, -0.05) is 13.3 Å². The van der Waals surface area contributed by atoms with Gasteiger partial charge in [-0.3, -0.25) is 0 Å². The summed E-state index contributed by atoms with van der Waals surface area (Å²) in [5.41, 5.74) is 0. The topological polar surface area (TPSA) is 35.0 Å². The Hall–Kier alpha value is -0.0000000000000000555. The fourth-order valence-electron chi connectivity index (χ4n) is 1.17. The van der Waals surface area contributed by atoms with E-state index in [1.807, 2.05) is 6.07 Å². The molecule has 3 nitrogen and oxygen atoms in total. The summed E-state index contributed by atoms with van der Waals surface area (Å²) in [5, 5.41) is 0. The third-order valence-electron chi connectivity index (χ3n) is 1.80. The first-order chi connectivity index (χ1) is 6.67. The Balaban J connectivity index is 2.91. The maximum Gasteiger partial charge on any atom is 0.159 e. The van der Waals surface area contributed by atoms with Crippen molar-refractivity contribution in [2.75, 3.05) is 7.11 Å². The number of nitrogens with zero attached hydrogens (tertiary/aromatic N) is 2. The van der Waals surface area contributed by atoms with Crippen molar-refractivity contribution in [3.63, 3.8) is 0 Å². The molecule has 1 aromatic heterocycles. The fraction of sp³-hybridized carbons (Fsp3) is 0.556. The second-order valence-corrected chi connectivity index (χ2v) is 4.51. The van der Waals surface area contributed by atoms with Gasteiger partial charge in [0.15, 0.2) is 5.82 Å². The van der Waals surface area contributed by atoms with Gasteiger partial charge in [0.1, 0.15) is 15.3 Å². The molecule has 14 heavy (non-hydrogen) atoms. The molecular formula is C9H12Br2N2O. The lowest BCUT2D eigenvalue weighted by atomic mass is 10.2. The number of ether oxygens (including phenoxy) is 1. The first-order valence-corrected chi connectivity index (χ1v) is 5.98. The number of halogens is 2. The van der Waals surface area contributed by atoms with Gasteiger partial charge < -0.3 is 4.74 Å². The van der Waals surface area contributed by atoms with Gasteiger partial charge in [-0.2, -0.15) is 0 Å². The molecule has 0 saturated carbocycles. The molecule has 0 radical (unpaired) electrons. The normalized spacial score (nSPS) is 12.9. The van der Waals surface area contributed by atoms with Crippen LogP contribution in [0.1, 0.15) is 31.7 Å². The van der Waals surface area contributed by atoms with Gasteiger partial charge >= 0.3 is 0 Å². The molecule has 0 fully saturated rings. The molecule has 1 heterocycles. The smallest absolute Gasteiger partial charge is 0.159 e. The Morgan fingerprint density at radius 3 is 2.36 bits per heavy atom. The van der Waals surface area contributed by atoms with Crippen molar-refractivity contribution >= 4 is 31.9 Å². The lowest BCUT2D eigenvalue weighted by Crippen LogP contribution is -2.06. The van der Waals surface area contributed by atoms with E-state index in [2.05, 4.69) is 48.8 Å². The second-order valence-electron chi connectivity index (χ2n) is 2.88. The molecule has 0 aliphatic heterocycles. The zero-order chi connectivity index (χ0) is 10.6. The molecule has 1 unspecified atom stereocenters. The van der Waals surface area contributed by atoms with Gasteiger partial charge in [0.2, 0.25) is 0 Å². The number of rotatable bonds is 4. The Morgan fingerprint density at radius 1 is 1.36 bits per heavy atom. The molecule has 0 aliphatic rings. The zero-order valence-corrected chi connectivity index (χ0v) is 11.3. The molecule has 0 aliphatic carbocycles. The SMILES string of the molecule is CCCC(OC)c1nc(Br)cc(Br)n1. The van der Waals surface area contributed by atoms with Gasteiger partial charge in [-0.15, -0.1) is 0 Å². The highest BCUT2D eigenvalue weighted by atomic mass is 79.9. The lowest BCUT2D eigenvalue weighted by Gasteiger charge is -2.12. The van der Waals surface area contributed by atoms with Crippen LogP contribution in [-0.4, -0.2) is 17.1 Å². The van der Waals surface area contributed by atoms with E-state index in [1.54, 1.807) is 7.11 Å². The van der Waals surface area contributed by atoms with Gasteiger partial charge in [-0.05, 0) is 38.3 Å². The Labute approximate surface area is 101 Å². The molecule has 0 saturated heterocycles. The van der Waals surface area contributed by atoms with Crippen LogP contribution in [0.25, 0.3) is 0 Å². The third-order valence-corrected chi connectivity index (χ3v) is 2.62. The summed E-state index contributed by atoms with van der Waals surface area (Å²) in [6, 6.07) is 1.81. The number of methoxy groups -OCH3 is 1. The van der Waals surface area contributed by atoms with Crippen LogP contribution in [0.3, 0.4) is 0 Å². The predicted molar refractivity (Wildman–Crippen MR) is 62.1 cm³/mol. The highest BCUT2D eigenvalue weighted by Gasteiger charge is 2.13. The van der Waals surface area contributed by atoms with E-state index < -0.39 is 0 Å². The van der Waals surface area contributed by atoms with Gasteiger partial charge in [-0.25, -0.2) is 9.97 Å². The van der Waals surface area contributed by atoms with Crippen LogP contribution in [0, 0.1) is 0 Å². The number of hydrogen-bond donors (Lipinski definition) is 0. The summed E-state index contributed by atoms with van der Waals surface area (Å²) in [7, 11) is 1.68. The van der Waals surface area contributed by atoms with Gasteiger partial charge in [0.25, 0.3) is 0 Å². The number of hydrogen-bond acceptors (Lipinski definition) is 3. The van der Waals surface area contributed by atoms with Crippen molar-refractivity contribution in [3.8, 4) is 0 Å². The van der Waals surface area contributed by atoms with Crippen LogP contribution in [0.5, 0.6) is 0 Å². The zero-order valence-electron chi connectivity index (χ0n) is 8.13. The maximum atomic E-state index is 5.32. The van der Waals surface area contributed by atoms with E-state index >= 15 is 0 Å². The van der Waals surface area contributed by atoms with E-state index in [0.29, 0.717) is 0 Å². The third kappa shape index (κ3) is 3.29. The van der Waals surface area contributed by atoms with Gasteiger partial charge in [0.05, 0.1) is 0 Å². The van der Waals surface area contributed by atoms with Crippen molar-refractivity contribution in [3.05, 3.63) is 21.1 Å². The molecular weight excluding hydrogens is 312 g/mol. The van der Waals surface area contributed by atoms with E-state index in [4.69, 9.17) is 4.74 Å². The first-order valence-electron chi connectivity index (χ1n) is 4.40. The van der Waals surface area contributed by atoms with Crippen molar-refractivity contribution in [2.24, 2.45) is 0 Å². The summed E-state index contributed by atoms with van der Waals surface area (Å²) in [6.07, 6.45) is 1.96. The standard InChI is InChI=1S/C9H12Br2N2O/c1-3-4-6(14-2)9-12-7(10)5-8(11)13-9/h5-6H,3-4H2,1-2H3. The molecule has 5 heteroatoms. The summed E-state index contributed by atoms with van der Waals surface area (Å²) in [5.74, 6) is 0.718. The molecule has 0 bridgehead atoms. The van der Waals surface area contributed by atoms with Crippen LogP contribution in [0.4, 0.5) is 0 Å². The average Bonchev–Trinajstić information content (AvgIpc) is 2.12. The molecule has 1 aromatic rings. The summed E-state index contributed by atoms with van der Waals surface area (Å²) in [4.78, 5) is 8.55. The molecule has 78 valence electrons. The maximum absolute atomic E-state index is 5.32. The lowest BCUT2D eigenvalue weighted by molar-refractivity contribution is 0.0873. The van der Waals surface area contributed by atoms with E-state index in [-0.39, 0.29) is 6.10 Å². The van der Waals surface area contributed by atoms with Crippen LogP contribution < -0.4 is 0 Å². The Bertz CT molecular complexity index is 287. The molecule has 0 spiro atoms. The molecule has 0 N–H and O–H groups in total. The summed E-state index contributed by atoms with van der Waals surface area (Å²) < 4.78 is 6.86. The molecule has 1 atom stereocenters. The average molecular weight is 324 g/mol. The van der Waals surface area contributed by atoms with Crippen LogP contribution in [0.2, 0.25) is 0 Å². The highest BCUT2D eigenvalue weighted by Crippen LogP contribution is 2.22. The molecule has 0 amide bonds. The minimum atomic E-state index is -0.0196. The van der Waals surface area contributed by atoms with Crippen LogP contribution >= 0.6 is 31.9 Å². The van der Waals surface area contributed by atoms with Gasteiger partial charge in [0, 0.05) is 13.2 Å². The summed E-state index contributed by atoms with van der Waals surface area (Å²) in [6.45, 7) is 2.11. The van der Waals surface area contributed by atoms with Crippen LogP contribution in [-0.2, 0) is 4.74 Å². The van der Waals surface area contributed by atoms with Crippen molar-refractivity contribution < 1.29 is 4.74 Å². The van der Waals surface area contributed by atoms with Crippen LogP contribution in [0.15, 0.2) is 15.3 Å². The second kappa shape index (κ2) is 5.78. The minimum Gasteiger partial charge on any atom is -0.373 e. The predicted octanol–water partition coefficient (Wildman–Crippen LogP) is 3.49. The highest BCUT2D eigenvalue weighted by molar-refractivity contribution is 9.11. The summed E-state index contributed by atoms with van der Waals surface area (Å²) >= 11 is 6.65. The number of aromatic nitrogens is 2. The largest absolute Gasteiger partial charge is 0.373 e. The van der Waals surface area contributed by atoms with Crippen molar-refractivity contribution in [2.45, 2.75) is 25.9 Å². The molecule has 0 aromatic carbocycles. The van der Waals surface area contributed by atoms with Crippen molar-refractivity contribution in [1.82, 2.24) is 9.97 Å². The Morgan fingerprint density at radius 2 is 1.93 bits per heavy atom. The van der Waals surface area contributed by atoms with E-state index in [9.17, 15) is 0 Å². The van der Waals surface area contributed by atoms with E-state index in [0.717, 1.165) is 27.9 Å². The monoisotopic (exact) mass is 322 g/mol.